The molecule has 2 nitrogen and oxygen atoms in total. The lowest BCUT2D eigenvalue weighted by molar-refractivity contribution is -0.00135. The summed E-state index contributed by atoms with van der Waals surface area (Å²) in [5.74, 6) is 2.33. The van der Waals surface area contributed by atoms with Crippen LogP contribution in [0.3, 0.4) is 0 Å². The van der Waals surface area contributed by atoms with Gasteiger partial charge in [0.25, 0.3) is 0 Å². The van der Waals surface area contributed by atoms with E-state index in [1.54, 1.807) is 0 Å². The molecule has 2 N–H and O–H groups in total. The van der Waals surface area contributed by atoms with Crippen molar-refractivity contribution >= 4 is 0 Å². The second-order valence-electron chi connectivity index (χ2n) is 5.95. The van der Waals surface area contributed by atoms with Crippen molar-refractivity contribution < 1.29 is 4.74 Å². The molecule has 0 aromatic heterocycles. The molecule has 17 heavy (non-hydrogen) atoms. The number of rotatable bonds is 6. The van der Waals surface area contributed by atoms with Crippen LogP contribution in [0.2, 0.25) is 0 Å². The molecule has 100 valence electrons. The first-order valence-corrected chi connectivity index (χ1v) is 7.65. The van der Waals surface area contributed by atoms with Gasteiger partial charge in [-0.05, 0) is 43.9 Å². The molecule has 2 aliphatic rings. The predicted octanol–water partition coefficient (Wildman–Crippen LogP) is 3.35. The van der Waals surface area contributed by atoms with Gasteiger partial charge in [-0.2, -0.15) is 0 Å². The van der Waals surface area contributed by atoms with Gasteiger partial charge in [0.1, 0.15) is 0 Å². The van der Waals surface area contributed by atoms with E-state index in [1.165, 1.54) is 44.9 Å². The lowest BCUT2D eigenvalue weighted by atomic mass is 9.72. The molecule has 2 fully saturated rings. The first-order chi connectivity index (χ1) is 8.27. The van der Waals surface area contributed by atoms with E-state index in [9.17, 15) is 0 Å². The Kier molecular flexibility index (Phi) is 4.87. The van der Waals surface area contributed by atoms with Gasteiger partial charge < -0.3 is 10.5 Å². The average Bonchev–Trinajstić information content (AvgIpc) is 3.19. The molecule has 2 saturated carbocycles. The molecule has 0 aliphatic heterocycles. The second-order valence-corrected chi connectivity index (χ2v) is 5.95. The summed E-state index contributed by atoms with van der Waals surface area (Å²) in [6.07, 6.45) is 9.81. The first-order valence-electron chi connectivity index (χ1n) is 7.65. The molecular formula is C15H29NO. The zero-order valence-electron chi connectivity index (χ0n) is 11.5. The van der Waals surface area contributed by atoms with Crippen LogP contribution in [0.1, 0.15) is 58.8 Å². The maximum Gasteiger partial charge on any atom is 0.0756 e. The largest absolute Gasteiger partial charge is 0.377 e. The maximum absolute atomic E-state index is 6.56. The van der Waals surface area contributed by atoms with Crippen LogP contribution >= 0.6 is 0 Å². The molecule has 0 aromatic rings. The van der Waals surface area contributed by atoms with E-state index >= 15 is 0 Å². The quantitative estimate of drug-likeness (QED) is 0.771. The molecule has 0 aromatic carbocycles. The van der Waals surface area contributed by atoms with Gasteiger partial charge in [0.15, 0.2) is 0 Å². The zero-order valence-corrected chi connectivity index (χ0v) is 11.5. The fourth-order valence-electron chi connectivity index (χ4n) is 3.67. The maximum atomic E-state index is 6.56. The van der Waals surface area contributed by atoms with Crippen LogP contribution in [0.4, 0.5) is 0 Å². The molecule has 2 rings (SSSR count). The molecular weight excluding hydrogens is 210 g/mol. The molecule has 0 spiro atoms. The molecule has 4 atom stereocenters. The van der Waals surface area contributed by atoms with Crippen molar-refractivity contribution in [2.24, 2.45) is 23.5 Å². The number of hydrogen-bond acceptors (Lipinski definition) is 2. The van der Waals surface area contributed by atoms with Crippen LogP contribution in [-0.4, -0.2) is 18.8 Å². The van der Waals surface area contributed by atoms with Gasteiger partial charge in [-0.1, -0.05) is 32.6 Å². The Morgan fingerprint density at radius 3 is 2.41 bits per heavy atom. The van der Waals surface area contributed by atoms with E-state index in [0.717, 1.165) is 18.4 Å². The minimum absolute atomic E-state index is 0.285. The van der Waals surface area contributed by atoms with E-state index < -0.39 is 0 Å². The minimum atomic E-state index is 0.285. The normalized spacial score (nSPS) is 33.4. The lowest BCUT2D eigenvalue weighted by Crippen LogP contribution is -2.47. The van der Waals surface area contributed by atoms with E-state index in [0.29, 0.717) is 12.0 Å². The highest BCUT2D eigenvalue weighted by Gasteiger charge is 2.41. The van der Waals surface area contributed by atoms with Gasteiger partial charge >= 0.3 is 0 Å². The summed E-state index contributed by atoms with van der Waals surface area (Å²) in [4.78, 5) is 0. The molecule has 4 unspecified atom stereocenters. The molecule has 0 radical (unpaired) electrons. The minimum Gasteiger partial charge on any atom is -0.377 e. The summed E-state index contributed by atoms with van der Waals surface area (Å²) < 4.78 is 5.95. The van der Waals surface area contributed by atoms with E-state index in [4.69, 9.17) is 10.5 Å². The van der Waals surface area contributed by atoms with Crippen molar-refractivity contribution in [3.8, 4) is 0 Å². The van der Waals surface area contributed by atoms with Crippen molar-refractivity contribution in [2.75, 3.05) is 6.61 Å². The summed E-state index contributed by atoms with van der Waals surface area (Å²) >= 11 is 0. The Balaban J connectivity index is 1.96. The number of hydrogen-bond donors (Lipinski definition) is 1. The monoisotopic (exact) mass is 239 g/mol. The predicted molar refractivity (Wildman–Crippen MR) is 71.9 cm³/mol. The fourth-order valence-corrected chi connectivity index (χ4v) is 3.67. The van der Waals surface area contributed by atoms with E-state index in [2.05, 4.69) is 13.8 Å². The summed E-state index contributed by atoms with van der Waals surface area (Å²) in [6.45, 7) is 5.24. The topological polar surface area (TPSA) is 35.2 Å². The third-order valence-corrected chi connectivity index (χ3v) is 4.81. The molecule has 0 heterocycles. The highest BCUT2D eigenvalue weighted by atomic mass is 16.5. The fraction of sp³-hybridized carbons (Fsp3) is 1.00. The molecule has 0 saturated heterocycles. The lowest BCUT2D eigenvalue weighted by Gasteiger charge is -2.38. The van der Waals surface area contributed by atoms with Gasteiger partial charge in [0.05, 0.1) is 6.10 Å². The average molecular weight is 239 g/mol. The van der Waals surface area contributed by atoms with Gasteiger partial charge in [0, 0.05) is 12.6 Å². The van der Waals surface area contributed by atoms with Crippen molar-refractivity contribution in [1.82, 2.24) is 0 Å². The van der Waals surface area contributed by atoms with Gasteiger partial charge in [-0.15, -0.1) is 0 Å². The van der Waals surface area contributed by atoms with Gasteiger partial charge in [0.2, 0.25) is 0 Å². The van der Waals surface area contributed by atoms with E-state index in [1.807, 2.05) is 0 Å². The van der Waals surface area contributed by atoms with Crippen molar-refractivity contribution in [3.63, 3.8) is 0 Å². The summed E-state index contributed by atoms with van der Waals surface area (Å²) in [6, 6.07) is 0.285. The summed E-state index contributed by atoms with van der Waals surface area (Å²) in [5, 5.41) is 0. The van der Waals surface area contributed by atoms with Crippen LogP contribution in [0.25, 0.3) is 0 Å². The van der Waals surface area contributed by atoms with Crippen molar-refractivity contribution in [1.29, 1.82) is 0 Å². The Hall–Kier alpha value is -0.0800. The Morgan fingerprint density at radius 2 is 1.82 bits per heavy atom. The van der Waals surface area contributed by atoms with Crippen molar-refractivity contribution in [3.05, 3.63) is 0 Å². The molecule has 0 bridgehead atoms. The highest BCUT2D eigenvalue weighted by Crippen LogP contribution is 2.41. The number of nitrogens with two attached hydrogens (primary N) is 1. The summed E-state index contributed by atoms with van der Waals surface area (Å²) in [5.41, 5.74) is 6.56. The Bertz CT molecular complexity index is 227. The SMILES string of the molecule is CCOC(C1CC1)C(N)C1CCCCC1CC. The number of ether oxygens (including phenoxy) is 1. The molecule has 0 amide bonds. The summed E-state index contributed by atoms with van der Waals surface area (Å²) in [7, 11) is 0. The van der Waals surface area contributed by atoms with Gasteiger partial charge in [-0.25, -0.2) is 0 Å². The second kappa shape index (κ2) is 6.19. The van der Waals surface area contributed by atoms with Crippen LogP contribution in [0, 0.1) is 17.8 Å². The van der Waals surface area contributed by atoms with Gasteiger partial charge in [-0.3, -0.25) is 0 Å². The smallest absolute Gasteiger partial charge is 0.0756 e. The Labute approximate surface area is 106 Å². The van der Waals surface area contributed by atoms with E-state index in [-0.39, 0.29) is 6.04 Å². The van der Waals surface area contributed by atoms with Crippen LogP contribution < -0.4 is 5.73 Å². The molecule has 2 heteroatoms. The third kappa shape index (κ3) is 3.23. The Morgan fingerprint density at radius 1 is 1.12 bits per heavy atom. The van der Waals surface area contributed by atoms with Crippen LogP contribution in [0.5, 0.6) is 0 Å². The van der Waals surface area contributed by atoms with Crippen LogP contribution in [-0.2, 0) is 4.74 Å². The highest BCUT2D eigenvalue weighted by molar-refractivity contribution is 4.94. The standard InChI is InChI=1S/C15H29NO/c1-3-11-7-5-6-8-13(11)14(16)15(17-4-2)12-9-10-12/h11-15H,3-10,16H2,1-2H3. The van der Waals surface area contributed by atoms with Crippen LogP contribution in [0.15, 0.2) is 0 Å². The first kappa shape index (κ1) is 13.4. The third-order valence-electron chi connectivity index (χ3n) is 4.81. The molecule has 2 aliphatic carbocycles. The van der Waals surface area contributed by atoms with Crippen molar-refractivity contribution in [2.45, 2.75) is 70.9 Å². The zero-order chi connectivity index (χ0) is 12.3.